The van der Waals surface area contributed by atoms with Crippen LogP contribution in [0.5, 0.6) is 0 Å². The maximum atomic E-state index is 12.9. The first-order valence-corrected chi connectivity index (χ1v) is 12.9. The fourth-order valence-electron chi connectivity index (χ4n) is 3.62. The molecule has 3 aromatic rings. The van der Waals surface area contributed by atoms with Crippen LogP contribution in [0.1, 0.15) is 34.3 Å². The lowest BCUT2D eigenvalue weighted by molar-refractivity contribution is 0.0526. The summed E-state index contributed by atoms with van der Waals surface area (Å²) in [6, 6.07) is 22.3. The van der Waals surface area contributed by atoms with Crippen molar-refractivity contribution in [2.45, 2.75) is 17.7 Å². The molecule has 1 aliphatic rings. The van der Waals surface area contributed by atoms with Crippen LogP contribution in [-0.4, -0.2) is 43.6 Å². The van der Waals surface area contributed by atoms with E-state index in [0.29, 0.717) is 11.6 Å². The van der Waals surface area contributed by atoms with E-state index in [1.165, 1.54) is 29.3 Å². The van der Waals surface area contributed by atoms with E-state index in [-0.39, 0.29) is 28.3 Å². The van der Waals surface area contributed by atoms with Crippen LogP contribution in [0.15, 0.2) is 93.3 Å². The third-order valence-corrected chi connectivity index (χ3v) is 7.24. The molecular weight excluding hydrogens is 509 g/mol. The minimum Gasteiger partial charge on any atom is -0.462 e. The predicted molar refractivity (Wildman–Crippen MR) is 137 cm³/mol. The van der Waals surface area contributed by atoms with E-state index in [0.717, 1.165) is 16.8 Å². The van der Waals surface area contributed by atoms with Gasteiger partial charge >= 0.3 is 5.97 Å². The van der Waals surface area contributed by atoms with Crippen LogP contribution < -0.4 is 0 Å². The van der Waals surface area contributed by atoms with Gasteiger partial charge in [0.25, 0.3) is 10.0 Å². The maximum Gasteiger partial charge on any atom is 0.338 e. The number of carbonyl (C=O) groups excluding carboxylic acids is 1. The summed E-state index contributed by atoms with van der Waals surface area (Å²) in [5, 5.41) is 6.28. The Bertz CT molecular complexity index is 1370. The summed E-state index contributed by atoms with van der Waals surface area (Å²) in [4.78, 5) is 11.7. The highest BCUT2D eigenvalue weighted by atomic mass is 35.5. The zero-order valence-electron chi connectivity index (χ0n) is 18.6. The van der Waals surface area contributed by atoms with E-state index < -0.39 is 16.0 Å². The van der Waals surface area contributed by atoms with Gasteiger partial charge in [0.2, 0.25) is 5.29 Å². The second kappa shape index (κ2) is 10.6. The monoisotopic (exact) mass is 529 g/mol. The molecule has 0 fully saturated rings. The molecule has 0 saturated carbocycles. The number of halogens is 2. The normalized spacial score (nSPS) is 16.2. The van der Waals surface area contributed by atoms with Crippen molar-refractivity contribution in [3.8, 4) is 0 Å². The molecule has 0 N–H and O–H groups in total. The van der Waals surface area contributed by atoms with Crippen molar-refractivity contribution in [3.63, 3.8) is 0 Å². The molecule has 0 bridgehead atoms. The Morgan fingerprint density at radius 1 is 1.06 bits per heavy atom. The Balaban J connectivity index is 1.63. The van der Waals surface area contributed by atoms with Gasteiger partial charge < -0.3 is 4.74 Å². The lowest BCUT2D eigenvalue weighted by atomic mass is 9.91. The molecular formula is C25H21Cl2N3O4S. The van der Waals surface area contributed by atoms with Crippen LogP contribution in [0.4, 0.5) is 0 Å². The summed E-state index contributed by atoms with van der Waals surface area (Å²) in [6.45, 7) is 2.22. The number of rotatable bonds is 6. The third kappa shape index (κ3) is 5.73. The number of esters is 1. The largest absolute Gasteiger partial charge is 0.462 e. The average molecular weight is 530 g/mol. The summed E-state index contributed by atoms with van der Waals surface area (Å²) < 4.78 is 34.4. The molecule has 0 amide bonds. The van der Waals surface area contributed by atoms with E-state index in [1.54, 1.807) is 19.1 Å². The van der Waals surface area contributed by atoms with Gasteiger partial charge in [-0.15, -0.1) is 4.40 Å². The van der Waals surface area contributed by atoms with Crippen molar-refractivity contribution < 1.29 is 17.9 Å². The van der Waals surface area contributed by atoms with Crippen LogP contribution in [0.3, 0.4) is 0 Å². The summed E-state index contributed by atoms with van der Waals surface area (Å²) in [5.74, 6) is -0.695. The number of nitrogens with zero attached hydrogens (tertiary/aromatic N) is 3. The van der Waals surface area contributed by atoms with E-state index in [9.17, 15) is 13.2 Å². The highest BCUT2D eigenvalue weighted by Crippen LogP contribution is 2.30. The lowest BCUT2D eigenvalue weighted by Crippen LogP contribution is -2.23. The van der Waals surface area contributed by atoms with Gasteiger partial charge in [-0.3, -0.25) is 0 Å². The van der Waals surface area contributed by atoms with Gasteiger partial charge in [0, 0.05) is 10.9 Å². The number of hydrogen-bond acceptors (Lipinski definition) is 5. The number of amidine groups is 1. The van der Waals surface area contributed by atoms with Gasteiger partial charge in [0.1, 0.15) is 0 Å². The molecule has 0 spiro atoms. The first-order chi connectivity index (χ1) is 16.8. The zero-order chi connectivity index (χ0) is 25.0. The third-order valence-electron chi connectivity index (χ3n) is 5.33. The molecule has 1 heterocycles. The predicted octanol–water partition coefficient (Wildman–Crippen LogP) is 5.30. The van der Waals surface area contributed by atoms with Gasteiger partial charge in [0.05, 0.1) is 29.3 Å². The number of hydrazone groups is 1. The van der Waals surface area contributed by atoms with Gasteiger partial charge in [-0.1, -0.05) is 54.1 Å². The van der Waals surface area contributed by atoms with Crippen molar-refractivity contribution in [3.05, 3.63) is 101 Å². The van der Waals surface area contributed by atoms with E-state index in [4.69, 9.17) is 27.9 Å². The molecule has 4 rings (SSSR count). The minimum absolute atomic E-state index is 0.107. The summed E-state index contributed by atoms with van der Waals surface area (Å²) in [6.07, 6.45) is 0. The number of benzene rings is 3. The Kier molecular flexibility index (Phi) is 7.54. The van der Waals surface area contributed by atoms with Crippen LogP contribution in [0, 0.1) is 0 Å². The summed E-state index contributed by atoms with van der Waals surface area (Å²) >= 11 is 12.4. The van der Waals surface area contributed by atoms with E-state index >= 15 is 0 Å². The average Bonchev–Trinajstić information content (AvgIpc) is 3.31. The number of sulfonamides is 1. The Morgan fingerprint density at radius 3 is 2.34 bits per heavy atom. The Labute approximate surface area is 213 Å². The number of ether oxygens (including phenoxy) is 1. The second-order valence-electron chi connectivity index (χ2n) is 7.62. The maximum absolute atomic E-state index is 12.9. The van der Waals surface area contributed by atoms with Crippen molar-refractivity contribution in [2.24, 2.45) is 9.50 Å². The molecule has 0 aromatic heterocycles. The van der Waals surface area contributed by atoms with Gasteiger partial charge in [-0.2, -0.15) is 13.5 Å². The van der Waals surface area contributed by atoms with Crippen molar-refractivity contribution >= 4 is 50.2 Å². The zero-order valence-corrected chi connectivity index (χ0v) is 21.0. The SMILES string of the molecule is CCOC(=O)c1ccc(S(=O)(=O)/N=C(/Cl)N2CC(c3ccccc3)C(c3ccc(Cl)cc3)=N2)cc1. The van der Waals surface area contributed by atoms with Gasteiger partial charge in [0.15, 0.2) is 0 Å². The first-order valence-electron chi connectivity index (χ1n) is 10.7. The minimum atomic E-state index is -4.15. The molecule has 1 aliphatic heterocycles. The van der Waals surface area contributed by atoms with Crippen LogP contribution in [0.2, 0.25) is 5.02 Å². The molecule has 7 nitrogen and oxygen atoms in total. The molecule has 0 saturated heterocycles. The van der Waals surface area contributed by atoms with Crippen LogP contribution in [0.25, 0.3) is 0 Å². The Morgan fingerprint density at radius 2 is 1.71 bits per heavy atom. The van der Waals surface area contributed by atoms with E-state index in [2.05, 4.69) is 9.50 Å². The summed E-state index contributed by atoms with van der Waals surface area (Å²) in [7, 11) is -4.15. The first kappa shape index (κ1) is 24.9. The van der Waals surface area contributed by atoms with E-state index in [1.807, 2.05) is 42.5 Å². The molecule has 0 radical (unpaired) electrons. The molecule has 1 atom stereocenters. The smallest absolute Gasteiger partial charge is 0.338 e. The second-order valence-corrected chi connectivity index (χ2v) is 10.00. The lowest BCUT2D eigenvalue weighted by Gasteiger charge is -2.15. The van der Waals surface area contributed by atoms with Crippen molar-refractivity contribution in [2.75, 3.05) is 13.2 Å². The molecule has 1 unspecified atom stereocenters. The molecule has 180 valence electrons. The highest BCUT2D eigenvalue weighted by Gasteiger charge is 2.32. The van der Waals surface area contributed by atoms with Crippen LogP contribution >= 0.6 is 23.2 Å². The van der Waals surface area contributed by atoms with Gasteiger partial charge in [-0.25, -0.2) is 9.80 Å². The quantitative estimate of drug-likeness (QED) is 0.187. The van der Waals surface area contributed by atoms with Crippen molar-refractivity contribution in [1.29, 1.82) is 0 Å². The standard InChI is InChI=1S/C25H21Cl2N3O4S/c1-2-34-24(31)19-10-14-21(15-11-19)35(32,33)29-25(27)30-16-22(17-6-4-3-5-7-17)23(28-30)18-8-12-20(26)13-9-18/h3-15,22H,2,16H2,1H3/b29-25-. The molecule has 0 aliphatic carbocycles. The Hall–Kier alpha value is -3.20. The number of carbonyl (C=O) groups is 1. The fourth-order valence-corrected chi connectivity index (χ4v) is 5.00. The van der Waals surface area contributed by atoms with Crippen LogP contribution in [-0.2, 0) is 14.8 Å². The number of hydrogen-bond donors (Lipinski definition) is 0. The van der Waals surface area contributed by atoms with Gasteiger partial charge in [-0.05, 0) is 66.0 Å². The molecule has 10 heteroatoms. The molecule has 3 aromatic carbocycles. The topological polar surface area (TPSA) is 88.4 Å². The highest BCUT2D eigenvalue weighted by molar-refractivity contribution is 7.90. The fraction of sp³-hybridized carbons (Fsp3) is 0.160. The van der Waals surface area contributed by atoms with Crippen molar-refractivity contribution in [1.82, 2.24) is 5.01 Å². The molecule has 35 heavy (non-hydrogen) atoms. The summed E-state index contributed by atoms with van der Waals surface area (Å²) in [5.41, 5.74) is 2.80.